The number of aromatic nitrogens is 1. The SMILES string of the molecule is CC[Si](CC)(CC)n1cc(CCNC(C)=O)c2cc(OC)[c]([Hg+])cc21.[Cl-]. The summed E-state index contributed by atoms with van der Waals surface area (Å²) < 4.78 is 9.62. The Morgan fingerprint density at radius 2 is 1.85 bits per heavy atom. The molecule has 1 heterocycles. The predicted molar refractivity (Wildman–Crippen MR) is 103 cm³/mol. The molecule has 0 aliphatic heterocycles. The summed E-state index contributed by atoms with van der Waals surface area (Å²) in [6, 6.07) is 8.34. The van der Waals surface area contributed by atoms with E-state index in [1.165, 1.54) is 37.7 Å². The molecule has 0 radical (unpaired) electrons. The number of carbonyl (C=O) groups is 1. The van der Waals surface area contributed by atoms with Gasteiger partial charge in [-0.1, -0.05) is 0 Å². The van der Waals surface area contributed by atoms with Crippen LogP contribution < -0.4 is 25.5 Å². The topological polar surface area (TPSA) is 43.3 Å². The van der Waals surface area contributed by atoms with Crippen LogP contribution in [-0.4, -0.2) is 32.0 Å². The number of methoxy groups -OCH3 is 1. The second-order valence-corrected chi connectivity index (χ2v) is 14.7. The number of nitrogens with one attached hydrogen (secondary N) is 1. The number of ether oxygens (including phenoxy) is 1. The van der Waals surface area contributed by atoms with E-state index < -0.39 is 8.24 Å². The van der Waals surface area contributed by atoms with Crippen molar-refractivity contribution in [2.45, 2.75) is 52.2 Å². The molecule has 0 spiro atoms. The van der Waals surface area contributed by atoms with Gasteiger partial charge in [0.2, 0.25) is 0 Å². The summed E-state index contributed by atoms with van der Waals surface area (Å²) in [5, 5.41) is 4.23. The Balaban J connectivity index is 0.00000338. The van der Waals surface area contributed by atoms with Gasteiger partial charge in [-0.15, -0.1) is 0 Å². The monoisotopic (exact) mass is 582 g/mol. The van der Waals surface area contributed by atoms with Crippen molar-refractivity contribution < 1.29 is 48.1 Å². The van der Waals surface area contributed by atoms with Crippen molar-refractivity contribution in [3.63, 3.8) is 0 Å². The molecule has 0 aliphatic rings. The second-order valence-electron chi connectivity index (χ2n) is 6.72. The zero-order chi connectivity index (χ0) is 18.6. The van der Waals surface area contributed by atoms with Gasteiger partial charge in [0.05, 0.1) is 0 Å². The van der Waals surface area contributed by atoms with E-state index in [0.717, 1.165) is 12.2 Å². The Morgan fingerprint density at radius 3 is 2.35 bits per heavy atom. The van der Waals surface area contributed by atoms with E-state index in [4.69, 9.17) is 4.74 Å². The average Bonchev–Trinajstić information content (AvgIpc) is 2.94. The summed E-state index contributed by atoms with van der Waals surface area (Å²) in [4.78, 5) is 11.2. The Bertz CT molecular complexity index is 751. The van der Waals surface area contributed by atoms with Crippen LogP contribution in [0.2, 0.25) is 18.1 Å². The molecule has 26 heavy (non-hydrogen) atoms. The first-order chi connectivity index (χ1) is 11.9. The molecule has 1 aromatic heterocycles. The fourth-order valence-corrected chi connectivity index (χ4v) is 9.14. The van der Waals surface area contributed by atoms with Crippen LogP contribution >= 0.6 is 0 Å². The molecule has 2 aromatic rings. The Morgan fingerprint density at radius 1 is 1.23 bits per heavy atom. The Labute approximate surface area is 180 Å². The third kappa shape index (κ3) is 4.65. The smallest absolute Gasteiger partial charge is 1.00 e. The van der Waals surface area contributed by atoms with E-state index >= 15 is 0 Å². The van der Waals surface area contributed by atoms with E-state index in [1.54, 1.807) is 14.0 Å². The van der Waals surface area contributed by atoms with Crippen molar-refractivity contribution in [1.82, 2.24) is 9.55 Å². The van der Waals surface area contributed by atoms with Crippen LogP contribution in [0.4, 0.5) is 0 Å². The molecule has 140 valence electrons. The molecule has 1 aromatic carbocycles. The van der Waals surface area contributed by atoms with Crippen molar-refractivity contribution >= 4 is 28.1 Å². The van der Waals surface area contributed by atoms with Gasteiger partial charge in [-0.3, -0.25) is 0 Å². The van der Waals surface area contributed by atoms with Gasteiger partial charge in [-0.05, 0) is 0 Å². The minimum atomic E-state index is -1.54. The number of hydrogen-bond donors (Lipinski definition) is 1. The third-order valence-electron chi connectivity index (χ3n) is 5.54. The van der Waals surface area contributed by atoms with Gasteiger partial charge < -0.3 is 12.4 Å². The maximum Gasteiger partial charge on any atom is -1.00 e. The molecule has 2 rings (SSSR count). The van der Waals surface area contributed by atoms with Crippen molar-refractivity contribution in [1.29, 1.82) is 0 Å². The normalized spacial score (nSPS) is 11.3. The number of carbonyl (C=O) groups excluding carboxylic acids is 1. The number of benzene rings is 1. The van der Waals surface area contributed by atoms with E-state index in [9.17, 15) is 4.79 Å². The fraction of sp³-hybridized carbons (Fsp3) is 0.526. The zero-order valence-corrected chi connectivity index (χ0v) is 23.9. The Kier molecular flexibility index (Phi) is 9.17. The summed E-state index contributed by atoms with van der Waals surface area (Å²) in [5.74, 6) is 1.05. The van der Waals surface area contributed by atoms with Crippen LogP contribution in [0.25, 0.3) is 10.9 Å². The van der Waals surface area contributed by atoms with Gasteiger partial charge in [-0.2, -0.15) is 0 Å². The number of nitrogens with zero attached hydrogens (tertiary/aromatic N) is 1. The number of rotatable bonds is 8. The van der Waals surface area contributed by atoms with Crippen molar-refractivity contribution in [2.24, 2.45) is 0 Å². The summed E-state index contributed by atoms with van der Waals surface area (Å²) in [5.41, 5.74) is 2.70. The standard InChI is InChI=1S/C19H29N2O2Si.ClH.Hg/c1-6-24(7-2,8-3)21-14-16(11-12-20-15(4)22)18-13-17(23-5)9-10-19(18)21;;/h10,13-14H,6-8,11-12H2,1-5H3,(H,20,22);1H;/q;;+1/p-1. The number of fused-ring (bicyclic) bond motifs is 1. The number of hydrogen-bond acceptors (Lipinski definition) is 2. The van der Waals surface area contributed by atoms with Gasteiger partial charge >= 0.3 is 169 Å². The van der Waals surface area contributed by atoms with Gasteiger partial charge in [0.15, 0.2) is 0 Å². The molecule has 1 N–H and O–H groups in total. The molecule has 0 fully saturated rings. The first kappa shape index (κ1) is 23.5. The largest absolute Gasteiger partial charge is 1.00 e. The first-order valence-electron chi connectivity index (χ1n) is 9.21. The minimum absolute atomic E-state index is 0. The van der Waals surface area contributed by atoms with E-state index in [1.807, 2.05) is 0 Å². The molecular formula is C19H29ClHgN2O2Si. The van der Waals surface area contributed by atoms with E-state index in [0.29, 0.717) is 32.7 Å². The average molecular weight is 582 g/mol. The van der Waals surface area contributed by atoms with Crippen LogP contribution in [0.5, 0.6) is 5.75 Å². The molecule has 0 aliphatic carbocycles. The molecule has 0 saturated heterocycles. The van der Waals surface area contributed by atoms with E-state index in [-0.39, 0.29) is 18.3 Å². The maximum atomic E-state index is 11.2. The van der Waals surface area contributed by atoms with Crippen LogP contribution in [0, 0.1) is 0 Å². The van der Waals surface area contributed by atoms with Crippen molar-refractivity contribution in [3.8, 4) is 5.75 Å². The summed E-state index contributed by atoms with van der Waals surface area (Å²) in [6.45, 7) is 9.29. The van der Waals surface area contributed by atoms with Gasteiger partial charge in [0, 0.05) is 0 Å². The summed E-state index contributed by atoms with van der Waals surface area (Å²) >= 11 is 0.519. The third-order valence-corrected chi connectivity index (χ3v) is 13.0. The fourth-order valence-electron chi connectivity index (χ4n) is 3.78. The zero-order valence-electron chi connectivity index (χ0n) is 16.6. The van der Waals surface area contributed by atoms with E-state index in [2.05, 4.69) is 48.7 Å². The minimum Gasteiger partial charge on any atom is -1.00 e. The van der Waals surface area contributed by atoms with Crippen LogP contribution in [0.3, 0.4) is 0 Å². The van der Waals surface area contributed by atoms with Crippen molar-refractivity contribution in [3.05, 3.63) is 23.9 Å². The summed E-state index contributed by atoms with van der Waals surface area (Å²) in [7, 11) is 0.220. The quantitative estimate of drug-likeness (QED) is 0.458. The summed E-state index contributed by atoms with van der Waals surface area (Å²) in [6.07, 6.45) is 3.24. The van der Waals surface area contributed by atoms with Crippen LogP contribution in [-0.2, 0) is 37.3 Å². The predicted octanol–water partition coefficient (Wildman–Crippen LogP) is 0.358. The first-order valence-corrected chi connectivity index (χ1v) is 14.5. The van der Waals surface area contributed by atoms with Crippen LogP contribution in [0.15, 0.2) is 18.3 Å². The van der Waals surface area contributed by atoms with Crippen LogP contribution in [0.1, 0.15) is 33.3 Å². The number of amides is 1. The molecule has 0 bridgehead atoms. The van der Waals surface area contributed by atoms with Gasteiger partial charge in [0.25, 0.3) is 0 Å². The molecular weight excluding hydrogens is 552 g/mol. The maximum absolute atomic E-state index is 11.2. The molecule has 0 saturated carbocycles. The van der Waals surface area contributed by atoms with Gasteiger partial charge in [-0.25, -0.2) is 0 Å². The molecule has 7 heteroatoms. The van der Waals surface area contributed by atoms with Crippen molar-refractivity contribution in [2.75, 3.05) is 13.7 Å². The Hall–Kier alpha value is -0.528. The molecule has 0 unspecified atom stereocenters. The molecule has 1 amide bonds. The van der Waals surface area contributed by atoms with Gasteiger partial charge in [0.1, 0.15) is 0 Å². The second kappa shape index (κ2) is 10.1. The molecule has 4 nitrogen and oxygen atoms in total. The molecule has 0 atom stereocenters. The number of halogens is 1.